The highest BCUT2D eigenvalue weighted by molar-refractivity contribution is 6.56. The van der Waals surface area contributed by atoms with Crippen LogP contribution in [0.25, 0.3) is 43.1 Å². The van der Waals surface area contributed by atoms with E-state index in [1.807, 2.05) is 0 Å². The average Bonchev–Trinajstić information content (AvgIpc) is 3.47. The van der Waals surface area contributed by atoms with E-state index in [0.717, 1.165) is 43.4 Å². The van der Waals surface area contributed by atoms with Crippen molar-refractivity contribution < 1.29 is 28.7 Å². The van der Waals surface area contributed by atoms with Gasteiger partial charge in [0.15, 0.2) is 0 Å². The van der Waals surface area contributed by atoms with Crippen LogP contribution in [0.2, 0.25) is 20.1 Å². The number of rotatable bonds is 10. The Balaban J connectivity index is 1.27. The van der Waals surface area contributed by atoms with Gasteiger partial charge in [-0.25, -0.2) is 0 Å². The lowest BCUT2D eigenvalue weighted by molar-refractivity contribution is -0.145. The molecule has 278 valence electrons. The summed E-state index contributed by atoms with van der Waals surface area (Å²) >= 11 is 28.4. The van der Waals surface area contributed by atoms with Gasteiger partial charge in [0, 0.05) is 75.6 Å². The number of halogens is 4. The zero-order valence-corrected chi connectivity index (χ0v) is 33.2. The van der Waals surface area contributed by atoms with Crippen LogP contribution >= 0.6 is 46.4 Å². The molecular weight excluding hydrogens is 770 g/mol. The largest absolute Gasteiger partial charge is 0.464 e. The topological polar surface area (TPSA) is 101 Å². The number of nitrogens with zero attached hydrogens (tertiary/aromatic N) is 2. The number of carbonyl (C=O) groups is 5. The van der Waals surface area contributed by atoms with Gasteiger partial charge in [-0.15, -0.1) is 0 Å². The number of esters is 1. The minimum Gasteiger partial charge on any atom is -0.464 e. The third-order valence-corrected chi connectivity index (χ3v) is 12.9. The summed E-state index contributed by atoms with van der Waals surface area (Å²) in [5, 5.41) is 3.72. The molecule has 8 rings (SSSR count). The van der Waals surface area contributed by atoms with Crippen LogP contribution in [-0.2, 0) is 9.53 Å². The molecule has 8 nitrogen and oxygen atoms in total. The second-order valence-corrected chi connectivity index (χ2v) is 16.6. The summed E-state index contributed by atoms with van der Waals surface area (Å²) in [5.74, 6) is -2.73. The molecule has 0 aromatic heterocycles. The van der Waals surface area contributed by atoms with E-state index >= 15 is 0 Å². The maximum atomic E-state index is 14.2. The maximum Gasteiger partial charge on any atom is 0.326 e. The molecule has 0 spiro atoms. The Bertz CT molecular complexity index is 2430. The first-order valence-corrected chi connectivity index (χ1v) is 19.8. The second kappa shape index (κ2) is 13.7. The molecule has 0 radical (unpaired) electrons. The fourth-order valence-corrected chi connectivity index (χ4v) is 10.0. The van der Waals surface area contributed by atoms with Crippen molar-refractivity contribution in [1.29, 1.82) is 0 Å². The van der Waals surface area contributed by atoms with Crippen LogP contribution in [0.1, 0.15) is 108 Å². The van der Waals surface area contributed by atoms with E-state index in [1.54, 1.807) is 12.1 Å². The van der Waals surface area contributed by atoms with Crippen LogP contribution in [0, 0.1) is 11.8 Å². The van der Waals surface area contributed by atoms with Gasteiger partial charge >= 0.3 is 5.97 Å². The van der Waals surface area contributed by atoms with Gasteiger partial charge in [-0.1, -0.05) is 90.7 Å². The van der Waals surface area contributed by atoms with E-state index in [4.69, 9.17) is 51.1 Å². The zero-order chi connectivity index (χ0) is 38.5. The van der Waals surface area contributed by atoms with Crippen molar-refractivity contribution in [1.82, 2.24) is 9.80 Å². The van der Waals surface area contributed by atoms with Crippen molar-refractivity contribution in [2.45, 2.75) is 66.2 Å². The Labute approximate surface area is 331 Å². The lowest BCUT2D eigenvalue weighted by atomic mass is 9.82. The van der Waals surface area contributed by atoms with Crippen LogP contribution in [-0.4, -0.2) is 59.1 Å². The first-order valence-electron chi connectivity index (χ1n) is 18.3. The number of benzene rings is 5. The van der Waals surface area contributed by atoms with E-state index in [2.05, 4.69) is 27.7 Å². The molecule has 2 aliphatic heterocycles. The van der Waals surface area contributed by atoms with Gasteiger partial charge in [-0.2, -0.15) is 0 Å². The fourth-order valence-electron chi connectivity index (χ4n) is 8.83. The van der Waals surface area contributed by atoms with Crippen LogP contribution in [0.3, 0.4) is 0 Å². The molecule has 0 saturated heterocycles. The van der Waals surface area contributed by atoms with Gasteiger partial charge in [0.05, 0.1) is 28.9 Å². The van der Waals surface area contributed by atoms with Crippen molar-refractivity contribution >= 4 is 119 Å². The van der Waals surface area contributed by atoms with E-state index < -0.39 is 36.1 Å². The third kappa shape index (κ3) is 5.50. The molecule has 0 bridgehead atoms. The lowest BCUT2D eigenvalue weighted by Crippen LogP contribution is -2.44. The number of unbranched alkanes of at least 4 members (excludes halogenated alkanes) is 1. The Kier molecular flexibility index (Phi) is 9.36. The SMILES string of the molecule is CCCCC(CC)CN1C(=O)c2cc(Cl)c3c4c(Cl)cc5c6c(cc(Cl)c(c7c(Cl)cc(c2c37)C1=O)c64)C(=O)N(CC(=O)OCC1CC(C)=C(C)C1)C5=O. The van der Waals surface area contributed by atoms with Gasteiger partial charge in [0.1, 0.15) is 6.54 Å². The first-order chi connectivity index (χ1) is 25.8. The first kappa shape index (κ1) is 37.0. The Morgan fingerprint density at radius 1 is 0.667 bits per heavy atom. The molecule has 2 heterocycles. The summed E-state index contributed by atoms with van der Waals surface area (Å²) in [6.07, 6.45) is 5.35. The minimum atomic E-state index is -0.714. The molecule has 1 aliphatic carbocycles. The highest BCUT2D eigenvalue weighted by Gasteiger charge is 2.40. The zero-order valence-electron chi connectivity index (χ0n) is 30.2. The Hall–Kier alpha value is -3.95. The van der Waals surface area contributed by atoms with Gasteiger partial charge in [0.2, 0.25) is 0 Å². The van der Waals surface area contributed by atoms with Crippen molar-refractivity contribution in [2.24, 2.45) is 11.8 Å². The van der Waals surface area contributed by atoms with Gasteiger partial charge < -0.3 is 4.74 Å². The van der Waals surface area contributed by atoms with Crippen molar-refractivity contribution in [3.63, 3.8) is 0 Å². The fraction of sp³-hybridized carbons (Fsp3) is 0.357. The van der Waals surface area contributed by atoms with Crippen molar-refractivity contribution in [3.05, 3.63) is 77.8 Å². The number of hydrogen-bond donors (Lipinski definition) is 0. The smallest absolute Gasteiger partial charge is 0.326 e. The van der Waals surface area contributed by atoms with Crippen LogP contribution in [0.5, 0.6) is 0 Å². The highest BCUT2D eigenvalue weighted by Crippen LogP contribution is 2.53. The normalized spacial score (nSPS) is 16.8. The summed E-state index contributed by atoms with van der Waals surface area (Å²) in [4.78, 5) is 71.7. The number of fused-ring (bicyclic) bond motifs is 2. The molecule has 3 aliphatic rings. The van der Waals surface area contributed by atoms with Crippen molar-refractivity contribution in [3.8, 4) is 0 Å². The maximum absolute atomic E-state index is 14.2. The number of hydrogen-bond acceptors (Lipinski definition) is 6. The molecule has 0 fully saturated rings. The standard InChI is InChI=1S/C42H36Cl4N2O6/c1-5-7-8-20(6-2)15-47-39(50)22-11-26(43)33-35-28(45)13-24-32-25(42(53)48(41(24)52)16-30(49)54-17-21-9-18(3)19(4)10-21)14-29(46)36(38(32)35)34-27(44)12-23(40(47)51)31(22)37(33)34/h11-14,20-21H,5-10,15-17H2,1-4H3. The number of allylic oxidation sites excluding steroid dienone is 2. The van der Waals surface area contributed by atoms with Crippen molar-refractivity contribution in [2.75, 3.05) is 19.7 Å². The summed E-state index contributed by atoms with van der Waals surface area (Å²) in [6.45, 7) is 8.15. The molecule has 5 aromatic carbocycles. The predicted octanol–water partition coefficient (Wildman–Crippen LogP) is 11.0. The predicted molar refractivity (Wildman–Crippen MR) is 214 cm³/mol. The van der Waals surface area contributed by atoms with Crippen LogP contribution < -0.4 is 0 Å². The van der Waals surface area contributed by atoms with Crippen LogP contribution in [0.4, 0.5) is 0 Å². The number of carbonyl (C=O) groups excluding carboxylic acids is 5. The Morgan fingerprint density at radius 2 is 1.07 bits per heavy atom. The molecule has 5 aromatic rings. The molecule has 54 heavy (non-hydrogen) atoms. The van der Waals surface area contributed by atoms with Gasteiger partial charge in [-0.05, 0) is 63.3 Å². The molecule has 1 unspecified atom stereocenters. The van der Waals surface area contributed by atoms with Gasteiger partial charge in [0.25, 0.3) is 23.6 Å². The molecule has 0 N–H and O–H groups in total. The second-order valence-electron chi connectivity index (χ2n) is 15.0. The third-order valence-electron chi connectivity index (χ3n) is 11.7. The van der Waals surface area contributed by atoms with E-state index in [-0.39, 0.29) is 67.3 Å². The summed E-state index contributed by atoms with van der Waals surface area (Å²) in [5.41, 5.74) is 3.28. The number of ether oxygens (including phenoxy) is 1. The molecular formula is C42H36Cl4N2O6. The minimum absolute atomic E-state index is 0.0983. The lowest BCUT2D eigenvalue weighted by Gasteiger charge is -2.32. The summed E-state index contributed by atoms with van der Waals surface area (Å²) in [6, 6.07) is 6.03. The van der Waals surface area contributed by atoms with E-state index in [9.17, 15) is 24.0 Å². The van der Waals surface area contributed by atoms with E-state index in [0.29, 0.717) is 43.1 Å². The molecule has 1 atom stereocenters. The molecule has 0 saturated carbocycles. The average molecular weight is 807 g/mol. The summed E-state index contributed by atoms with van der Waals surface area (Å²) in [7, 11) is 0. The number of imide groups is 2. The monoisotopic (exact) mass is 804 g/mol. The molecule has 4 amide bonds. The quantitative estimate of drug-likeness (QED) is 0.0458. The van der Waals surface area contributed by atoms with Gasteiger partial charge in [-0.3, -0.25) is 33.8 Å². The highest BCUT2D eigenvalue weighted by atomic mass is 35.5. The van der Waals surface area contributed by atoms with Crippen LogP contribution in [0.15, 0.2) is 35.4 Å². The molecule has 12 heteroatoms. The van der Waals surface area contributed by atoms with E-state index in [1.165, 1.54) is 28.2 Å². The Morgan fingerprint density at radius 3 is 1.46 bits per heavy atom. The summed E-state index contributed by atoms with van der Waals surface area (Å²) < 4.78 is 5.54. The number of amides is 4.